The summed E-state index contributed by atoms with van der Waals surface area (Å²) in [5, 5.41) is 0. The minimum absolute atomic E-state index is 0.328. The van der Waals surface area contributed by atoms with E-state index in [1.807, 2.05) is 72.8 Å². The molecule has 3 unspecified atom stereocenters. The van der Waals surface area contributed by atoms with Gasteiger partial charge in [-0.1, -0.05) is 74.5 Å². The van der Waals surface area contributed by atoms with Crippen molar-refractivity contribution in [3.05, 3.63) is 120 Å². The molecule has 0 bridgehead atoms. The van der Waals surface area contributed by atoms with Crippen molar-refractivity contribution in [1.29, 1.82) is 0 Å². The number of ether oxygens (including phenoxy) is 1. The van der Waals surface area contributed by atoms with Gasteiger partial charge in [-0.3, -0.25) is 4.52 Å². The van der Waals surface area contributed by atoms with E-state index in [1.165, 1.54) is 0 Å². The molecule has 0 radical (unpaired) electrons. The van der Waals surface area contributed by atoms with E-state index in [0.29, 0.717) is 23.0 Å². The van der Waals surface area contributed by atoms with Crippen molar-refractivity contribution in [3.63, 3.8) is 0 Å². The highest BCUT2D eigenvalue weighted by molar-refractivity contribution is 7.40. The quantitative estimate of drug-likeness (QED) is 0.179. The fraction of sp³-hybridized carbons (Fsp3) is 0.172. The van der Waals surface area contributed by atoms with E-state index in [9.17, 15) is 9.13 Å². The lowest BCUT2D eigenvalue weighted by molar-refractivity contribution is 0.281. The van der Waals surface area contributed by atoms with Crippen molar-refractivity contribution in [2.75, 3.05) is 0 Å². The van der Waals surface area contributed by atoms with E-state index in [0.717, 1.165) is 11.1 Å². The molecule has 0 amide bonds. The molecule has 4 rings (SSSR count). The number of rotatable bonds is 11. The smallest absolute Gasteiger partial charge is 0.444 e. The Balaban J connectivity index is 1.35. The molecule has 0 aliphatic rings. The second kappa shape index (κ2) is 12.0. The Labute approximate surface area is 219 Å². The zero-order valence-electron chi connectivity index (χ0n) is 20.8. The summed E-state index contributed by atoms with van der Waals surface area (Å²) in [5.41, 5.74) is 1.77. The summed E-state index contributed by atoms with van der Waals surface area (Å²) in [6.07, 6.45) is 0. The maximum atomic E-state index is 12.6. The summed E-state index contributed by atoms with van der Waals surface area (Å²) in [7, 11) is -4.41. The highest BCUT2D eigenvalue weighted by Crippen LogP contribution is 2.37. The third kappa shape index (κ3) is 7.16. The van der Waals surface area contributed by atoms with E-state index in [2.05, 4.69) is 13.8 Å². The molecule has 37 heavy (non-hydrogen) atoms. The van der Waals surface area contributed by atoms with Gasteiger partial charge in [-0.25, -0.2) is 9.05 Å². The Morgan fingerprint density at radius 1 is 0.568 bits per heavy atom. The van der Waals surface area contributed by atoms with E-state index in [4.69, 9.17) is 18.3 Å². The van der Waals surface area contributed by atoms with Crippen molar-refractivity contribution in [2.24, 2.45) is 0 Å². The second-order valence-corrected chi connectivity index (χ2v) is 11.1. The Bertz CT molecular complexity index is 1320. The first kappa shape index (κ1) is 26.3. The Hall–Kier alpha value is -3.72. The van der Waals surface area contributed by atoms with Gasteiger partial charge < -0.3 is 4.74 Å². The molecule has 0 aliphatic heterocycles. The van der Waals surface area contributed by atoms with Crippen LogP contribution < -0.4 is 18.3 Å². The normalized spacial score (nSPS) is 12.7. The van der Waals surface area contributed by atoms with Gasteiger partial charge in [0, 0.05) is 16.9 Å². The largest absolute Gasteiger partial charge is 0.805 e. The van der Waals surface area contributed by atoms with Gasteiger partial charge in [0.25, 0.3) is 0 Å². The molecule has 3 atom stereocenters. The van der Waals surface area contributed by atoms with Crippen molar-refractivity contribution in [1.82, 2.24) is 0 Å². The Morgan fingerprint density at radius 3 is 1.46 bits per heavy atom. The van der Waals surface area contributed by atoms with Gasteiger partial charge in [0.2, 0.25) is 0 Å². The summed E-state index contributed by atoms with van der Waals surface area (Å²) < 4.78 is 46.9. The van der Waals surface area contributed by atoms with Crippen LogP contribution in [0.4, 0.5) is 0 Å². The minimum atomic E-state index is -2.34. The molecule has 0 aliphatic carbocycles. The van der Waals surface area contributed by atoms with Crippen LogP contribution in [0.15, 0.2) is 109 Å². The third-order valence-electron chi connectivity index (χ3n) is 5.80. The predicted molar refractivity (Wildman–Crippen MR) is 145 cm³/mol. The monoisotopic (exact) mass is 534 g/mol. The van der Waals surface area contributed by atoms with Crippen LogP contribution in [-0.4, -0.2) is 5.85 Å². The molecule has 0 fully saturated rings. The van der Waals surface area contributed by atoms with Crippen molar-refractivity contribution >= 4 is 16.3 Å². The van der Waals surface area contributed by atoms with E-state index >= 15 is 0 Å². The molecule has 0 heterocycles. The molecule has 188 valence electrons. The fourth-order valence-corrected chi connectivity index (χ4v) is 4.93. The lowest BCUT2D eigenvalue weighted by atomic mass is 9.78. The van der Waals surface area contributed by atoms with Crippen molar-refractivity contribution in [3.8, 4) is 23.0 Å². The summed E-state index contributed by atoms with van der Waals surface area (Å²) >= 11 is 0. The molecule has 0 saturated carbocycles. The van der Waals surface area contributed by atoms with Crippen LogP contribution in [0.1, 0.15) is 31.9 Å². The molecule has 8 heteroatoms. The van der Waals surface area contributed by atoms with Gasteiger partial charge in [-0.2, -0.15) is 0 Å². The average molecular weight is 534 g/mol. The minimum Gasteiger partial charge on any atom is -0.444 e. The molecular formula is C29H28O6P2+2. The fourth-order valence-electron chi connectivity index (χ4n) is 3.62. The molecule has 4 aromatic rings. The molecular weight excluding hydrogens is 506 g/mol. The maximum Gasteiger partial charge on any atom is 0.805 e. The van der Waals surface area contributed by atoms with Gasteiger partial charge in [0.15, 0.2) is 17.2 Å². The highest BCUT2D eigenvalue weighted by atomic mass is 31.1. The standard InChI is InChI=1S/C29H28O6P2/c1-22(32-25-10-6-4-7-11-25)36(30)33-27-18-14-23(15-19-27)29(2,3)24-16-20-28(21-17-24)35-37(31)34-26-12-8-5-9-13-26/h4-22H,1-3H3/q+2. The molecule has 4 aromatic carbocycles. The topological polar surface area (TPSA) is 71.1 Å². The number of hydrogen-bond donors (Lipinski definition) is 0. The first-order chi connectivity index (χ1) is 17.8. The lowest BCUT2D eigenvalue weighted by Gasteiger charge is -2.26. The van der Waals surface area contributed by atoms with Crippen LogP contribution in [0.25, 0.3) is 0 Å². The number of benzene rings is 4. The van der Waals surface area contributed by atoms with Crippen LogP contribution >= 0.6 is 16.3 Å². The van der Waals surface area contributed by atoms with Crippen LogP contribution in [-0.2, 0) is 14.5 Å². The van der Waals surface area contributed by atoms with Crippen molar-refractivity contribution in [2.45, 2.75) is 32.0 Å². The molecule has 6 nitrogen and oxygen atoms in total. The van der Waals surface area contributed by atoms with Gasteiger partial charge in [-0.05, 0) is 64.2 Å². The zero-order chi connectivity index (χ0) is 26.3. The lowest BCUT2D eigenvalue weighted by Crippen LogP contribution is -2.18. The van der Waals surface area contributed by atoms with E-state index in [-0.39, 0.29) is 5.41 Å². The third-order valence-corrected chi connectivity index (χ3v) is 7.61. The van der Waals surface area contributed by atoms with Crippen LogP contribution in [0.2, 0.25) is 0 Å². The van der Waals surface area contributed by atoms with E-state index < -0.39 is 22.1 Å². The van der Waals surface area contributed by atoms with Crippen molar-refractivity contribution < 1.29 is 27.4 Å². The van der Waals surface area contributed by atoms with E-state index in [1.54, 1.807) is 43.3 Å². The number of hydrogen-bond acceptors (Lipinski definition) is 6. The van der Waals surface area contributed by atoms with Crippen LogP contribution in [0.3, 0.4) is 0 Å². The predicted octanol–water partition coefficient (Wildman–Crippen LogP) is 8.67. The Kier molecular flexibility index (Phi) is 8.55. The summed E-state index contributed by atoms with van der Waals surface area (Å²) in [6, 6.07) is 33.1. The average Bonchev–Trinajstić information content (AvgIpc) is 2.90. The molecule has 0 N–H and O–H groups in total. The summed E-state index contributed by atoms with van der Waals surface area (Å²) in [6.45, 7) is 5.93. The maximum absolute atomic E-state index is 12.6. The van der Waals surface area contributed by atoms with Gasteiger partial charge >= 0.3 is 22.1 Å². The first-order valence-electron chi connectivity index (χ1n) is 11.8. The summed E-state index contributed by atoms with van der Waals surface area (Å²) in [4.78, 5) is 0. The molecule has 0 spiro atoms. The van der Waals surface area contributed by atoms with Crippen LogP contribution in [0.5, 0.6) is 23.0 Å². The van der Waals surface area contributed by atoms with Gasteiger partial charge in [0.1, 0.15) is 5.75 Å². The summed E-state index contributed by atoms with van der Waals surface area (Å²) in [5.74, 6) is 1.50. The van der Waals surface area contributed by atoms with Gasteiger partial charge in [-0.15, -0.1) is 0 Å². The van der Waals surface area contributed by atoms with Crippen LogP contribution in [0, 0.1) is 0 Å². The second-order valence-electron chi connectivity index (χ2n) is 8.80. The molecule has 0 aromatic heterocycles. The Morgan fingerprint density at radius 2 is 0.973 bits per heavy atom. The van der Waals surface area contributed by atoms with Gasteiger partial charge in [0.05, 0.1) is 0 Å². The highest BCUT2D eigenvalue weighted by Gasteiger charge is 2.32. The molecule has 0 saturated heterocycles. The first-order valence-corrected chi connectivity index (χ1v) is 14.1. The zero-order valence-corrected chi connectivity index (χ0v) is 22.6. The SMILES string of the molecule is CC(Oc1ccccc1)[P+](=O)Oc1ccc(C(C)(C)c2ccc(O[P+](=O)Oc3ccccc3)cc2)cc1. The number of para-hydroxylation sites is 2.